The van der Waals surface area contributed by atoms with Crippen molar-refractivity contribution in [1.29, 1.82) is 0 Å². The van der Waals surface area contributed by atoms with Gasteiger partial charge in [-0.1, -0.05) is 0 Å². The lowest BCUT2D eigenvalue weighted by molar-refractivity contribution is 0.120. The SMILES string of the molecule is COC(=O)N1CCCN(C(=O)OC)C1=S. The normalized spacial score (nSPS) is 16.3. The Morgan fingerprint density at radius 3 is 1.87 bits per heavy atom. The summed E-state index contributed by atoms with van der Waals surface area (Å²) in [5.41, 5.74) is 0. The van der Waals surface area contributed by atoms with E-state index < -0.39 is 12.2 Å². The number of ether oxygens (including phenoxy) is 2. The fraction of sp³-hybridized carbons (Fsp3) is 0.625. The van der Waals surface area contributed by atoms with Crippen LogP contribution in [0.1, 0.15) is 6.42 Å². The number of rotatable bonds is 0. The van der Waals surface area contributed by atoms with Crippen LogP contribution in [0.2, 0.25) is 0 Å². The van der Waals surface area contributed by atoms with Crippen molar-refractivity contribution < 1.29 is 19.1 Å². The van der Waals surface area contributed by atoms with Crippen LogP contribution in [0.4, 0.5) is 9.59 Å². The molecule has 0 saturated carbocycles. The third kappa shape index (κ3) is 2.35. The first-order valence-electron chi connectivity index (χ1n) is 4.36. The van der Waals surface area contributed by atoms with Crippen LogP contribution in [0.25, 0.3) is 0 Å². The zero-order valence-corrected chi connectivity index (χ0v) is 9.37. The van der Waals surface area contributed by atoms with E-state index in [0.717, 1.165) is 0 Å². The van der Waals surface area contributed by atoms with Crippen molar-refractivity contribution in [3.05, 3.63) is 0 Å². The van der Waals surface area contributed by atoms with E-state index in [4.69, 9.17) is 12.2 Å². The van der Waals surface area contributed by atoms with Gasteiger partial charge in [0.15, 0.2) is 5.11 Å². The average Bonchev–Trinajstić information content (AvgIpc) is 2.27. The van der Waals surface area contributed by atoms with Gasteiger partial charge in [-0.25, -0.2) is 9.59 Å². The van der Waals surface area contributed by atoms with Crippen molar-refractivity contribution in [2.75, 3.05) is 27.3 Å². The molecule has 0 unspecified atom stereocenters. The van der Waals surface area contributed by atoms with E-state index in [2.05, 4.69) is 9.47 Å². The topological polar surface area (TPSA) is 59.1 Å². The van der Waals surface area contributed by atoms with E-state index in [-0.39, 0.29) is 5.11 Å². The van der Waals surface area contributed by atoms with Gasteiger partial charge >= 0.3 is 12.2 Å². The lowest BCUT2D eigenvalue weighted by Crippen LogP contribution is -2.53. The summed E-state index contributed by atoms with van der Waals surface area (Å²) in [5.74, 6) is 0. The fourth-order valence-electron chi connectivity index (χ4n) is 1.28. The first kappa shape index (κ1) is 11.7. The Bertz CT molecular complexity index is 268. The molecular formula is C8H12N2O4S. The summed E-state index contributed by atoms with van der Waals surface area (Å²) in [6.07, 6.45) is -0.480. The maximum Gasteiger partial charge on any atom is 0.415 e. The smallest absolute Gasteiger partial charge is 0.415 e. The summed E-state index contributed by atoms with van der Waals surface area (Å²) >= 11 is 4.98. The van der Waals surface area contributed by atoms with Crippen LogP contribution in [-0.2, 0) is 9.47 Å². The first-order chi connectivity index (χ1) is 7.11. The Labute approximate surface area is 92.7 Å². The van der Waals surface area contributed by atoms with Crippen molar-refractivity contribution >= 4 is 29.5 Å². The Morgan fingerprint density at radius 1 is 1.13 bits per heavy atom. The van der Waals surface area contributed by atoms with Gasteiger partial charge < -0.3 is 9.47 Å². The van der Waals surface area contributed by atoms with Gasteiger partial charge in [0.05, 0.1) is 14.2 Å². The molecule has 1 fully saturated rings. The number of carbonyl (C=O) groups is 2. The molecule has 0 aromatic heterocycles. The maximum absolute atomic E-state index is 11.3. The molecule has 0 bridgehead atoms. The zero-order chi connectivity index (χ0) is 11.4. The second-order valence-corrected chi connectivity index (χ2v) is 3.24. The highest BCUT2D eigenvalue weighted by molar-refractivity contribution is 7.80. The van der Waals surface area contributed by atoms with Gasteiger partial charge in [-0.3, -0.25) is 9.80 Å². The number of thiocarbonyl (C=S) groups is 1. The Balaban J connectivity index is 2.75. The van der Waals surface area contributed by atoms with Crippen LogP contribution < -0.4 is 0 Å². The standard InChI is InChI=1S/C8H12N2O4S/c1-13-7(11)9-4-3-5-10(6(9)15)8(12)14-2/h3-5H2,1-2H3. The van der Waals surface area contributed by atoms with E-state index in [1.807, 2.05) is 0 Å². The quantitative estimate of drug-likeness (QED) is 0.578. The summed E-state index contributed by atoms with van der Waals surface area (Å²) in [4.78, 5) is 25.0. The zero-order valence-electron chi connectivity index (χ0n) is 8.56. The molecular weight excluding hydrogens is 220 g/mol. The molecule has 0 spiro atoms. The molecule has 0 radical (unpaired) electrons. The third-order valence-corrected chi connectivity index (χ3v) is 2.46. The number of methoxy groups -OCH3 is 2. The van der Waals surface area contributed by atoms with Crippen molar-refractivity contribution in [3.8, 4) is 0 Å². The number of carbonyl (C=O) groups excluding carboxylic acids is 2. The molecule has 0 N–H and O–H groups in total. The predicted octanol–water partition coefficient (Wildman–Crippen LogP) is 0.812. The molecule has 0 aromatic carbocycles. The lowest BCUT2D eigenvalue weighted by atomic mass is 10.3. The minimum Gasteiger partial charge on any atom is -0.452 e. The molecule has 84 valence electrons. The fourth-order valence-corrected chi connectivity index (χ4v) is 1.61. The molecule has 1 heterocycles. The van der Waals surface area contributed by atoms with Crippen LogP contribution in [0.5, 0.6) is 0 Å². The summed E-state index contributed by atoms with van der Waals surface area (Å²) in [5, 5.41) is 0.125. The summed E-state index contributed by atoms with van der Waals surface area (Å²) in [7, 11) is 2.53. The van der Waals surface area contributed by atoms with E-state index >= 15 is 0 Å². The molecule has 0 atom stereocenters. The van der Waals surface area contributed by atoms with E-state index in [9.17, 15) is 9.59 Å². The molecule has 7 heteroatoms. The Morgan fingerprint density at radius 2 is 1.53 bits per heavy atom. The van der Waals surface area contributed by atoms with Gasteiger partial charge in [0.25, 0.3) is 0 Å². The summed E-state index contributed by atoms with van der Waals surface area (Å²) in [6, 6.07) is 0. The van der Waals surface area contributed by atoms with Gasteiger partial charge in [0.2, 0.25) is 0 Å². The van der Waals surface area contributed by atoms with Crippen molar-refractivity contribution in [2.45, 2.75) is 6.42 Å². The molecule has 0 aromatic rings. The maximum atomic E-state index is 11.3. The van der Waals surface area contributed by atoms with Gasteiger partial charge in [0.1, 0.15) is 0 Å². The molecule has 1 aliphatic rings. The number of hydrogen-bond donors (Lipinski definition) is 0. The Hall–Kier alpha value is -1.37. The van der Waals surface area contributed by atoms with E-state index in [1.165, 1.54) is 24.0 Å². The summed E-state index contributed by atoms with van der Waals surface area (Å²) < 4.78 is 9.09. The highest BCUT2D eigenvalue weighted by atomic mass is 32.1. The number of hydrogen-bond acceptors (Lipinski definition) is 5. The second kappa shape index (κ2) is 4.92. The Kier molecular flexibility index (Phi) is 3.84. The molecule has 6 nitrogen and oxygen atoms in total. The van der Waals surface area contributed by atoms with E-state index in [0.29, 0.717) is 19.5 Å². The molecule has 15 heavy (non-hydrogen) atoms. The lowest BCUT2D eigenvalue weighted by Gasteiger charge is -2.33. The molecule has 2 amide bonds. The summed E-state index contributed by atoms with van der Waals surface area (Å²) in [6.45, 7) is 0.915. The number of nitrogens with zero attached hydrogens (tertiary/aromatic N) is 2. The highest BCUT2D eigenvalue weighted by Crippen LogP contribution is 2.11. The van der Waals surface area contributed by atoms with Crippen molar-refractivity contribution in [3.63, 3.8) is 0 Å². The molecule has 1 aliphatic heterocycles. The number of amides is 2. The van der Waals surface area contributed by atoms with E-state index in [1.54, 1.807) is 0 Å². The van der Waals surface area contributed by atoms with Crippen LogP contribution in [0, 0.1) is 0 Å². The molecule has 1 saturated heterocycles. The monoisotopic (exact) mass is 232 g/mol. The van der Waals surface area contributed by atoms with Gasteiger partial charge in [-0.15, -0.1) is 0 Å². The minimum absolute atomic E-state index is 0.125. The molecule has 0 aliphatic carbocycles. The van der Waals surface area contributed by atoms with Gasteiger partial charge in [0, 0.05) is 13.1 Å². The average molecular weight is 232 g/mol. The molecule has 1 rings (SSSR count). The van der Waals surface area contributed by atoms with Gasteiger partial charge in [-0.2, -0.15) is 0 Å². The van der Waals surface area contributed by atoms with Crippen LogP contribution >= 0.6 is 12.2 Å². The highest BCUT2D eigenvalue weighted by Gasteiger charge is 2.31. The van der Waals surface area contributed by atoms with Crippen LogP contribution in [0.15, 0.2) is 0 Å². The van der Waals surface area contributed by atoms with Crippen LogP contribution in [-0.4, -0.2) is 54.4 Å². The van der Waals surface area contributed by atoms with Gasteiger partial charge in [-0.05, 0) is 18.6 Å². The van der Waals surface area contributed by atoms with Crippen molar-refractivity contribution in [2.24, 2.45) is 0 Å². The third-order valence-electron chi connectivity index (χ3n) is 2.02. The van der Waals surface area contributed by atoms with Crippen molar-refractivity contribution in [1.82, 2.24) is 9.80 Å². The largest absolute Gasteiger partial charge is 0.452 e. The predicted molar refractivity (Wildman–Crippen MR) is 55.4 cm³/mol. The first-order valence-corrected chi connectivity index (χ1v) is 4.77. The second-order valence-electron chi connectivity index (χ2n) is 2.88. The minimum atomic E-state index is -0.561. The van der Waals surface area contributed by atoms with Crippen LogP contribution in [0.3, 0.4) is 0 Å².